The fraction of sp³-hybridized carbons (Fsp3) is 0.533. The zero-order valence-electron chi connectivity index (χ0n) is 13.0. The molecule has 122 valence electrons. The molecule has 0 saturated heterocycles. The van der Waals surface area contributed by atoms with Crippen LogP contribution in [0.25, 0.3) is 0 Å². The van der Waals surface area contributed by atoms with Crippen molar-refractivity contribution in [3.8, 4) is 17.2 Å². The monoisotopic (exact) mass is 348 g/mol. The van der Waals surface area contributed by atoms with Crippen LogP contribution in [0.5, 0.6) is 17.2 Å². The van der Waals surface area contributed by atoms with Crippen LogP contribution in [0.2, 0.25) is 5.02 Å². The van der Waals surface area contributed by atoms with E-state index in [4.69, 9.17) is 37.4 Å². The number of fused-ring (bicyclic) bond motifs is 1. The molecule has 1 heterocycles. The minimum atomic E-state index is -0.802. The molecule has 2 atom stereocenters. The molecule has 1 aromatic carbocycles. The maximum atomic E-state index is 12.1. The summed E-state index contributed by atoms with van der Waals surface area (Å²) in [6.45, 7) is 4.95. The van der Waals surface area contributed by atoms with E-state index < -0.39 is 17.1 Å². The maximum absolute atomic E-state index is 12.1. The molecule has 1 aliphatic rings. The second-order valence-corrected chi connectivity index (χ2v) is 6.48. The van der Waals surface area contributed by atoms with Gasteiger partial charge in [-0.3, -0.25) is 4.79 Å². The van der Waals surface area contributed by atoms with Crippen molar-refractivity contribution < 1.29 is 24.1 Å². The van der Waals surface area contributed by atoms with Crippen LogP contribution in [0, 0.1) is 0 Å². The molecule has 1 N–H and O–H groups in total. The van der Waals surface area contributed by atoms with Gasteiger partial charge in [-0.05, 0) is 20.8 Å². The lowest BCUT2D eigenvalue weighted by Crippen LogP contribution is -2.49. The van der Waals surface area contributed by atoms with Crippen LogP contribution < -0.4 is 9.47 Å². The molecule has 1 aliphatic heterocycles. The van der Waals surface area contributed by atoms with Gasteiger partial charge in [0.1, 0.15) is 33.8 Å². The number of Topliss-reactive ketones (excluding diaryl/α,β-unsaturated/α-hetero) is 1. The predicted molar refractivity (Wildman–Crippen MR) is 83.8 cm³/mol. The highest BCUT2D eigenvalue weighted by molar-refractivity contribution is 6.35. The number of benzene rings is 1. The topological polar surface area (TPSA) is 65.0 Å². The third-order valence-corrected chi connectivity index (χ3v) is 4.56. The van der Waals surface area contributed by atoms with E-state index in [0.29, 0.717) is 0 Å². The molecule has 2 unspecified atom stereocenters. The highest BCUT2D eigenvalue weighted by Gasteiger charge is 2.47. The Morgan fingerprint density at radius 1 is 1.36 bits per heavy atom. The molecule has 0 spiro atoms. The van der Waals surface area contributed by atoms with E-state index >= 15 is 0 Å². The summed E-state index contributed by atoms with van der Waals surface area (Å²) < 4.78 is 16.5. The van der Waals surface area contributed by atoms with Crippen molar-refractivity contribution >= 4 is 29.0 Å². The second kappa shape index (κ2) is 5.80. The third-order valence-electron chi connectivity index (χ3n) is 3.76. The number of ether oxygens (including phenoxy) is 3. The fourth-order valence-electron chi connectivity index (χ4n) is 2.78. The summed E-state index contributed by atoms with van der Waals surface area (Å²) in [6, 6.07) is 0. The van der Waals surface area contributed by atoms with E-state index in [1.165, 1.54) is 21.1 Å². The van der Waals surface area contributed by atoms with E-state index in [1.807, 2.05) is 0 Å². The van der Waals surface area contributed by atoms with Crippen LogP contribution in [0.1, 0.15) is 42.1 Å². The van der Waals surface area contributed by atoms with Crippen LogP contribution in [0.3, 0.4) is 0 Å². The second-order valence-electron chi connectivity index (χ2n) is 5.63. The standard InChI is InChI=1S/C15H18Cl2O5/c1-6(18)7-12-8(11(19)10(17)13(7)20-4)9(16)14(21-5)15(2,3)22-12/h9,14,19H,1-5H3. The van der Waals surface area contributed by atoms with E-state index in [-0.39, 0.29) is 39.2 Å². The van der Waals surface area contributed by atoms with E-state index in [9.17, 15) is 9.90 Å². The van der Waals surface area contributed by atoms with Crippen molar-refractivity contribution in [2.24, 2.45) is 0 Å². The lowest BCUT2D eigenvalue weighted by Gasteiger charge is -2.42. The molecular weight excluding hydrogens is 331 g/mol. The lowest BCUT2D eigenvalue weighted by molar-refractivity contribution is -0.0680. The van der Waals surface area contributed by atoms with E-state index in [2.05, 4.69) is 0 Å². The number of carbonyl (C=O) groups is 1. The van der Waals surface area contributed by atoms with Crippen molar-refractivity contribution in [3.05, 3.63) is 16.1 Å². The molecule has 5 nitrogen and oxygen atoms in total. The Kier molecular flexibility index (Phi) is 4.53. The summed E-state index contributed by atoms with van der Waals surface area (Å²) >= 11 is 12.6. The number of alkyl halides is 1. The molecule has 0 bridgehead atoms. The first-order chi connectivity index (χ1) is 10.2. The van der Waals surface area contributed by atoms with Crippen LogP contribution >= 0.6 is 23.2 Å². The zero-order chi connectivity index (χ0) is 16.8. The van der Waals surface area contributed by atoms with E-state index in [1.54, 1.807) is 13.8 Å². The molecule has 2 rings (SSSR count). The largest absolute Gasteiger partial charge is 0.506 e. The first-order valence-corrected chi connectivity index (χ1v) is 7.47. The molecule has 0 amide bonds. The van der Waals surface area contributed by atoms with Crippen molar-refractivity contribution in [2.45, 2.75) is 37.9 Å². The van der Waals surface area contributed by atoms with Crippen LogP contribution in [0.15, 0.2) is 0 Å². The molecule has 1 aromatic rings. The summed E-state index contributed by atoms with van der Waals surface area (Å²) in [4.78, 5) is 12.1. The molecule has 0 aliphatic carbocycles. The van der Waals surface area contributed by atoms with Crippen LogP contribution in [-0.2, 0) is 4.74 Å². The average Bonchev–Trinajstić information content (AvgIpc) is 2.41. The van der Waals surface area contributed by atoms with Crippen LogP contribution in [0.4, 0.5) is 0 Å². The highest BCUT2D eigenvalue weighted by atomic mass is 35.5. The van der Waals surface area contributed by atoms with Gasteiger partial charge in [0, 0.05) is 7.11 Å². The normalized spacial score (nSPS) is 22.7. The first kappa shape index (κ1) is 17.2. The van der Waals surface area contributed by atoms with Crippen molar-refractivity contribution in [2.75, 3.05) is 14.2 Å². The van der Waals surface area contributed by atoms with Gasteiger partial charge in [0.25, 0.3) is 0 Å². The van der Waals surface area contributed by atoms with Gasteiger partial charge in [-0.25, -0.2) is 0 Å². The number of aromatic hydroxyl groups is 1. The highest BCUT2D eigenvalue weighted by Crippen LogP contribution is 2.55. The lowest BCUT2D eigenvalue weighted by atomic mass is 9.87. The number of ketones is 1. The number of rotatable bonds is 3. The molecule has 7 heteroatoms. The van der Waals surface area contributed by atoms with Gasteiger partial charge in [0.05, 0.1) is 18.1 Å². The average molecular weight is 349 g/mol. The number of phenols is 1. The smallest absolute Gasteiger partial charge is 0.167 e. The zero-order valence-corrected chi connectivity index (χ0v) is 14.5. The van der Waals surface area contributed by atoms with Gasteiger partial charge in [0.2, 0.25) is 0 Å². The van der Waals surface area contributed by atoms with Crippen molar-refractivity contribution in [1.82, 2.24) is 0 Å². The number of halogens is 2. The summed E-state index contributed by atoms with van der Waals surface area (Å²) in [5.41, 5.74) is -0.402. The Balaban J connectivity index is 2.85. The maximum Gasteiger partial charge on any atom is 0.167 e. The van der Waals surface area contributed by atoms with Gasteiger partial charge in [-0.1, -0.05) is 11.6 Å². The Hall–Kier alpha value is -1.17. The number of hydrogen-bond donors (Lipinski definition) is 1. The van der Waals surface area contributed by atoms with Gasteiger partial charge in [-0.2, -0.15) is 0 Å². The predicted octanol–water partition coefficient (Wildman–Crippen LogP) is 3.72. The molecule has 0 fully saturated rings. The van der Waals surface area contributed by atoms with Crippen molar-refractivity contribution in [3.63, 3.8) is 0 Å². The summed E-state index contributed by atoms with van der Waals surface area (Å²) in [7, 11) is 2.87. The Morgan fingerprint density at radius 3 is 2.41 bits per heavy atom. The van der Waals surface area contributed by atoms with E-state index in [0.717, 1.165) is 0 Å². The number of methoxy groups -OCH3 is 2. The quantitative estimate of drug-likeness (QED) is 0.666. The fourth-order valence-corrected chi connectivity index (χ4v) is 3.66. The molecule has 0 saturated carbocycles. The summed E-state index contributed by atoms with van der Waals surface area (Å²) in [5.74, 6) is -0.313. The van der Waals surface area contributed by atoms with Gasteiger partial charge in [0.15, 0.2) is 11.5 Å². The third kappa shape index (κ3) is 2.41. The van der Waals surface area contributed by atoms with Crippen LogP contribution in [-0.4, -0.2) is 36.8 Å². The Labute approximate surface area is 139 Å². The van der Waals surface area contributed by atoms with Gasteiger partial charge >= 0.3 is 0 Å². The number of carbonyl (C=O) groups excluding carboxylic acids is 1. The SMILES string of the molecule is COc1c(Cl)c(O)c2c(c1C(C)=O)OC(C)(C)C(OC)C2Cl. The van der Waals surface area contributed by atoms with Gasteiger partial charge < -0.3 is 19.3 Å². The summed E-state index contributed by atoms with van der Waals surface area (Å²) in [5, 5.41) is 9.57. The van der Waals surface area contributed by atoms with Gasteiger partial charge in [-0.15, -0.1) is 11.6 Å². The summed E-state index contributed by atoms with van der Waals surface area (Å²) in [6.07, 6.45) is -0.531. The minimum Gasteiger partial charge on any atom is -0.506 e. The first-order valence-electron chi connectivity index (χ1n) is 6.66. The minimum absolute atomic E-state index is 0.0703. The van der Waals surface area contributed by atoms with Crippen molar-refractivity contribution in [1.29, 1.82) is 0 Å². The molecule has 22 heavy (non-hydrogen) atoms. The Bertz CT molecular complexity index is 627. The molecule has 0 aromatic heterocycles. The molecular formula is C15H18Cl2O5. The number of hydrogen-bond acceptors (Lipinski definition) is 5. The molecule has 0 radical (unpaired) electrons. The number of phenolic OH excluding ortho intramolecular Hbond substituents is 1. The Morgan fingerprint density at radius 2 is 1.95 bits per heavy atom.